The molecule has 5 atom stereocenters. The van der Waals surface area contributed by atoms with Crippen molar-refractivity contribution in [1.82, 2.24) is 45.3 Å². The van der Waals surface area contributed by atoms with E-state index < -0.39 is 52.6 Å². The summed E-state index contributed by atoms with van der Waals surface area (Å²) in [6, 6.07) is 19.8. The van der Waals surface area contributed by atoms with Crippen molar-refractivity contribution in [3.05, 3.63) is 119 Å². The van der Waals surface area contributed by atoms with E-state index in [1.165, 1.54) is 28.2 Å². The van der Waals surface area contributed by atoms with Crippen LogP contribution in [0, 0.1) is 24.1 Å². The number of ketones is 1. The first-order chi connectivity index (χ1) is 38.4. The van der Waals surface area contributed by atoms with Crippen LogP contribution in [0.4, 0.5) is 20.2 Å². The topological polar surface area (TPSA) is 211 Å². The van der Waals surface area contributed by atoms with Crippen LogP contribution < -0.4 is 19.9 Å². The van der Waals surface area contributed by atoms with Crippen LogP contribution >= 0.6 is 11.3 Å². The van der Waals surface area contributed by atoms with Crippen LogP contribution in [0.2, 0.25) is 0 Å². The van der Waals surface area contributed by atoms with Gasteiger partial charge in [-0.25, -0.2) is 28.0 Å². The minimum atomic E-state index is -2.58. The Bertz CT molecular complexity index is 3230. The highest BCUT2D eigenvalue weighted by atomic mass is 32.2. The lowest BCUT2D eigenvalue weighted by atomic mass is 9.85. The standard InChI is InChI=1S/C58H69F2N11O7S2/c1-36-53(79-35-64-36)40-7-5-37(6-8-40)28-63-56(75)50-27-45(72)33-70(50)57(76)54(58(2,3)4)65-51(73)34-66-18-15-38(16-19-66)31-67-21-23-68(24-22-67)43-11-9-39(10-12-43)41-25-46-48(30-62-55(46)61-29-41)52(74)47-26-44(13-14-49(47)60)71(80(77)78)69-20-17-42(59)32-69/h5-14,25-26,29-30,35,38,42,45,50,54,72H,15-24,27-28,31-34H2,1-4H3,(H,61,62)(H,63,75)(H,65,73)(H,77,78)/t42-,45-,50+,54-/m1/s1. The molecule has 3 amide bonds. The molecule has 18 nitrogen and oxygen atoms in total. The average molecular weight is 1130 g/mol. The molecule has 3 aromatic heterocycles. The molecule has 0 radical (unpaired) electrons. The number of likely N-dealkylation sites (tertiary alicyclic amines) is 2. The molecule has 80 heavy (non-hydrogen) atoms. The number of nitrogens with zero attached hydrogens (tertiary/aromatic N) is 8. The van der Waals surface area contributed by atoms with Gasteiger partial charge in [-0.05, 0) is 104 Å². The van der Waals surface area contributed by atoms with Gasteiger partial charge in [-0.15, -0.1) is 11.3 Å². The first-order valence-corrected chi connectivity index (χ1v) is 29.3. The molecule has 3 aromatic carbocycles. The number of piperidine rings is 1. The number of fused-ring (bicyclic) bond motifs is 1. The Labute approximate surface area is 470 Å². The summed E-state index contributed by atoms with van der Waals surface area (Å²) in [5.74, 6) is -1.93. The number of hydrazine groups is 1. The Kier molecular flexibility index (Phi) is 17.2. The molecule has 4 saturated heterocycles. The molecule has 0 aliphatic carbocycles. The molecule has 0 saturated carbocycles. The Morgan fingerprint density at radius 3 is 2.26 bits per heavy atom. The number of aryl methyl sites for hydroxylation is 1. The molecule has 6 aromatic rings. The molecule has 22 heteroatoms. The number of aliphatic hydroxyl groups excluding tert-OH is 1. The van der Waals surface area contributed by atoms with Crippen LogP contribution in [0.1, 0.15) is 73.6 Å². The predicted molar refractivity (Wildman–Crippen MR) is 305 cm³/mol. The monoisotopic (exact) mass is 1130 g/mol. The van der Waals surface area contributed by atoms with E-state index in [1.54, 1.807) is 17.5 Å². The molecule has 0 bridgehead atoms. The van der Waals surface area contributed by atoms with Crippen LogP contribution in [0.3, 0.4) is 0 Å². The van der Waals surface area contributed by atoms with E-state index in [9.17, 15) is 37.4 Å². The van der Waals surface area contributed by atoms with Crippen LogP contribution in [-0.4, -0.2) is 168 Å². The minimum Gasteiger partial charge on any atom is -0.391 e. The van der Waals surface area contributed by atoms with Crippen molar-refractivity contribution < 1.29 is 41.8 Å². The van der Waals surface area contributed by atoms with Gasteiger partial charge >= 0.3 is 0 Å². The van der Waals surface area contributed by atoms with Crippen molar-refractivity contribution in [2.24, 2.45) is 11.3 Å². The number of benzene rings is 3. The average Bonchev–Trinajstić information content (AvgIpc) is 4.30. The highest BCUT2D eigenvalue weighted by molar-refractivity contribution is 7.80. The number of thiazole rings is 1. The van der Waals surface area contributed by atoms with E-state index in [0.29, 0.717) is 17.0 Å². The second-order valence-electron chi connectivity index (χ2n) is 22.6. The number of carbonyl (C=O) groups excluding carboxylic acids is 4. The Morgan fingerprint density at radius 2 is 1.60 bits per heavy atom. The molecule has 4 fully saturated rings. The van der Waals surface area contributed by atoms with Crippen molar-refractivity contribution in [2.75, 3.05) is 81.3 Å². The summed E-state index contributed by atoms with van der Waals surface area (Å²) in [7, 11) is 0. The van der Waals surface area contributed by atoms with Gasteiger partial charge in [-0.2, -0.15) is 4.41 Å². The number of nitrogens with one attached hydrogen (secondary N) is 3. The van der Waals surface area contributed by atoms with Gasteiger partial charge in [0.1, 0.15) is 29.7 Å². The third-order valence-corrected chi connectivity index (χ3v) is 17.7. The van der Waals surface area contributed by atoms with Crippen LogP contribution in [0.25, 0.3) is 32.6 Å². The minimum absolute atomic E-state index is 0.00857. The largest absolute Gasteiger partial charge is 0.391 e. The van der Waals surface area contributed by atoms with Gasteiger partial charge in [0.15, 0.2) is 5.78 Å². The maximum absolute atomic E-state index is 15.3. The summed E-state index contributed by atoms with van der Waals surface area (Å²) in [5.41, 5.74) is 7.23. The number of amides is 3. The highest BCUT2D eigenvalue weighted by Crippen LogP contribution is 2.33. The SMILES string of the molecule is Cc1ncsc1-c1ccc(CNC(=O)[C@@H]2C[C@@H](O)CN2C(=O)[C@@H](NC(=O)CN2CCC(CN3CCN(c4ccc(-c5cnc6[nH]cc(C(=O)c7cc(N(N8CC[C@@H](F)C8)S(=O)O)ccc7F)c6c5)cc4)CC3)CC2)C(C)(C)C)cc1. The van der Waals surface area contributed by atoms with Gasteiger partial charge in [-0.3, -0.25) is 33.5 Å². The van der Waals surface area contributed by atoms with Gasteiger partial charge < -0.3 is 30.5 Å². The lowest BCUT2D eigenvalue weighted by molar-refractivity contribution is -0.144. The number of rotatable bonds is 17. The van der Waals surface area contributed by atoms with E-state index in [-0.39, 0.29) is 80.1 Å². The molecular formula is C58H69F2N11O7S2. The van der Waals surface area contributed by atoms with E-state index in [0.717, 1.165) is 108 Å². The zero-order valence-electron chi connectivity index (χ0n) is 45.4. The number of hydrogen-bond donors (Lipinski definition) is 5. The molecular weight excluding hydrogens is 1060 g/mol. The molecule has 10 rings (SSSR count). The summed E-state index contributed by atoms with van der Waals surface area (Å²) in [4.78, 5) is 76.9. The molecule has 0 spiro atoms. The van der Waals surface area contributed by atoms with Crippen LogP contribution in [0.15, 0.2) is 90.7 Å². The molecule has 4 aliphatic rings. The van der Waals surface area contributed by atoms with Crippen molar-refractivity contribution in [1.29, 1.82) is 0 Å². The lowest BCUT2D eigenvalue weighted by Crippen LogP contribution is -2.59. The van der Waals surface area contributed by atoms with E-state index in [1.807, 2.05) is 75.7 Å². The fraction of sp³-hybridized carbons (Fsp3) is 0.448. The Morgan fingerprint density at radius 1 is 0.875 bits per heavy atom. The molecule has 7 heterocycles. The first-order valence-electron chi connectivity index (χ1n) is 27.3. The van der Waals surface area contributed by atoms with Gasteiger partial charge in [0.05, 0.1) is 46.5 Å². The van der Waals surface area contributed by atoms with Gasteiger partial charge in [-0.1, -0.05) is 57.2 Å². The number of aromatic nitrogens is 3. The predicted octanol–water partition coefficient (Wildman–Crippen LogP) is 6.58. The summed E-state index contributed by atoms with van der Waals surface area (Å²) >= 11 is -1.01. The maximum atomic E-state index is 15.3. The summed E-state index contributed by atoms with van der Waals surface area (Å²) in [6.07, 6.45) is 3.36. The van der Waals surface area contributed by atoms with E-state index in [2.05, 4.69) is 52.4 Å². The second kappa shape index (κ2) is 24.3. The molecule has 1 unspecified atom stereocenters. The summed E-state index contributed by atoms with van der Waals surface area (Å²) < 4.78 is 52.7. The normalized spacial score (nSPS) is 20.5. The number of hydrogen-bond acceptors (Lipinski definition) is 13. The molecule has 4 aliphatic heterocycles. The smallest absolute Gasteiger partial charge is 0.277 e. The number of β-amino-alcohol motifs (C(OH)–C–C–N with tert-alkyl or cyclic N) is 1. The third-order valence-electron chi connectivity index (χ3n) is 15.9. The number of anilines is 2. The number of aromatic amines is 1. The summed E-state index contributed by atoms with van der Waals surface area (Å²) in [5, 5.41) is 18.6. The van der Waals surface area contributed by atoms with Gasteiger partial charge in [0.25, 0.3) is 11.3 Å². The fourth-order valence-electron chi connectivity index (χ4n) is 11.5. The number of pyridine rings is 1. The molecule has 424 valence electrons. The number of aliphatic hydroxyl groups is 1. The maximum Gasteiger partial charge on any atom is 0.277 e. The van der Waals surface area contributed by atoms with Crippen LogP contribution in [-0.2, 0) is 32.2 Å². The molecule has 5 N–H and O–H groups in total. The van der Waals surface area contributed by atoms with Crippen LogP contribution in [0.5, 0.6) is 0 Å². The number of H-pyrrole nitrogens is 1. The first kappa shape index (κ1) is 56.7. The quantitative estimate of drug-likeness (QED) is 0.0484. The fourth-order valence-corrected chi connectivity index (χ4v) is 12.9. The van der Waals surface area contributed by atoms with E-state index in [4.69, 9.17) is 0 Å². The third kappa shape index (κ3) is 12.8. The van der Waals surface area contributed by atoms with Gasteiger partial charge in [0.2, 0.25) is 17.7 Å². The zero-order chi connectivity index (χ0) is 56.4. The number of alkyl halides is 1. The lowest BCUT2D eigenvalue weighted by Gasteiger charge is -2.40. The van der Waals surface area contributed by atoms with E-state index >= 15 is 4.39 Å². The van der Waals surface area contributed by atoms with Crippen molar-refractivity contribution >= 4 is 68.5 Å². The Balaban J connectivity index is 0.678. The number of halogens is 2. The Hall–Kier alpha value is -6.53. The number of piperazine rings is 1. The summed E-state index contributed by atoms with van der Waals surface area (Å²) in [6.45, 7) is 14.2. The number of carbonyl (C=O) groups is 4. The van der Waals surface area contributed by atoms with Crippen molar-refractivity contribution in [3.63, 3.8) is 0 Å². The van der Waals surface area contributed by atoms with Crippen molar-refractivity contribution in [3.8, 4) is 21.6 Å². The second-order valence-corrected chi connectivity index (χ2v) is 24.3. The highest BCUT2D eigenvalue weighted by Gasteiger charge is 2.45. The zero-order valence-corrected chi connectivity index (χ0v) is 47.1. The van der Waals surface area contributed by atoms with Crippen molar-refractivity contribution in [2.45, 2.75) is 84.3 Å². The van der Waals surface area contributed by atoms with Gasteiger partial charge in [0, 0.05) is 93.4 Å².